The first-order chi connectivity index (χ1) is 7.68. The number of ether oxygens (including phenoxy) is 1. The van der Waals surface area contributed by atoms with E-state index in [0.29, 0.717) is 12.2 Å². The highest BCUT2D eigenvalue weighted by Gasteiger charge is 2.00. The fraction of sp³-hybridized carbons (Fsp3) is 0.643. The summed E-state index contributed by atoms with van der Waals surface area (Å²) < 4.78 is 4.98. The monoisotopic (exact) mass is 224 g/mol. The van der Waals surface area contributed by atoms with Crippen molar-refractivity contribution in [2.75, 3.05) is 6.61 Å². The molecule has 16 heavy (non-hydrogen) atoms. The van der Waals surface area contributed by atoms with Crippen LogP contribution in [0.5, 0.6) is 0 Å². The first kappa shape index (κ1) is 14.9. The van der Waals surface area contributed by atoms with Gasteiger partial charge in [-0.15, -0.1) is 0 Å². The van der Waals surface area contributed by atoms with E-state index in [-0.39, 0.29) is 5.97 Å². The van der Waals surface area contributed by atoms with Gasteiger partial charge in [-0.05, 0) is 32.6 Å². The summed E-state index contributed by atoms with van der Waals surface area (Å²) in [5, 5.41) is 0. The molecule has 0 saturated heterocycles. The quantitative estimate of drug-likeness (QED) is 0.256. The first-order valence-corrected chi connectivity index (χ1v) is 6.16. The Morgan fingerprint density at radius 3 is 2.38 bits per heavy atom. The highest BCUT2D eigenvalue weighted by molar-refractivity contribution is 5.86. The zero-order chi connectivity index (χ0) is 12.2. The number of hydrogen-bond donors (Lipinski definition) is 0. The predicted molar refractivity (Wildman–Crippen MR) is 68.3 cm³/mol. The van der Waals surface area contributed by atoms with Crippen LogP contribution in [0.4, 0.5) is 0 Å². The van der Waals surface area contributed by atoms with Gasteiger partial charge in [0.1, 0.15) is 0 Å². The zero-order valence-corrected chi connectivity index (χ0v) is 10.6. The molecule has 0 N–H and O–H groups in total. The summed E-state index contributed by atoms with van der Waals surface area (Å²) in [5.74, 6) is -0.285. The van der Waals surface area contributed by atoms with Gasteiger partial charge in [-0.3, -0.25) is 0 Å². The molecule has 0 spiro atoms. The molecule has 0 aromatic rings. The molecule has 0 rings (SSSR count). The fourth-order valence-corrected chi connectivity index (χ4v) is 1.24. The largest absolute Gasteiger partial charge is 0.462 e. The van der Waals surface area contributed by atoms with Crippen molar-refractivity contribution in [2.24, 2.45) is 0 Å². The van der Waals surface area contributed by atoms with Crippen molar-refractivity contribution < 1.29 is 9.53 Å². The van der Waals surface area contributed by atoms with Gasteiger partial charge >= 0.3 is 5.97 Å². The number of unbranched alkanes of at least 4 members (excludes halogenated alkanes) is 4. The van der Waals surface area contributed by atoms with E-state index in [1.807, 2.05) is 0 Å². The predicted octanol–water partition coefficient (Wildman–Crippen LogP) is 4.02. The SMILES string of the molecule is C=C(C)C(=O)OCCC/C=C/CCCCC. The molecule has 0 aliphatic heterocycles. The molecule has 2 heteroatoms. The second-order valence-corrected chi connectivity index (χ2v) is 4.03. The summed E-state index contributed by atoms with van der Waals surface area (Å²) in [6.45, 7) is 7.89. The van der Waals surface area contributed by atoms with E-state index in [4.69, 9.17) is 4.74 Å². The molecule has 0 amide bonds. The number of carbonyl (C=O) groups is 1. The van der Waals surface area contributed by atoms with E-state index < -0.39 is 0 Å². The van der Waals surface area contributed by atoms with Gasteiger partial charge in [0, 0.05) is 5.57 Å². The number of allylic oxidation sites excluding steroid dienone is 2. The zero-order valence-electron chi connectivity index (χ0n) is 10.6. The Hall–Kier alpha value is -1.05. The molecule has 0 heterocycles. The summed E-state index contributed by atoms with van der Waals surface area (Å²) in [5.41, 5.74) is 0.468. The lowest BCUT2D eigenvalue weighted by atomic mass is 10.2. The molecule has 0 aliphatic carbocycles. The molecular formula is C14H24O2. The summed E-state index contributed by atoms with van der Waals surface area (Å²) in [6.07, 6.45) is 11.3. The molecule has 0 atom stereocenters. The van der Waals surface area contributed by atoms with Gasteiger partial charge < -0.3 is 4.74 Å². The van der Waals surface area contributed by atoms with Crippen molar-refractivity contribution >= 4 is 5.97 Å². The van der Waals surface area contributed by atoms with Crippen LogP contribution in [-0.2, 0) is 9.53 Å². The number of rotatable bonds is 9. The minimum absolute atomic E-state index is 0.285. The normalized spacial score (nSPS) is 10.6. The smallest absolute Gasteiger partial charge is 0.333 e. The van der Waals surface area contributed by atoms with Crippen molar-refractivity contribution in [2.45, 2.75) is 52.4 Å². The van der Waals surface area contributed by atoms with Crippen molar-refractivity contribution in [1.82, 2.24) is 0 Å². The van der Waals surface area contributed by atoms with Crippen molar-refractivity contribution in [1.29, 1.82) is 0 Å². The third-order valence-electron chi connectivity index (χ3n) is 2.24. The van der Waals surface area contributed by atoms with E-state index in [1.165, 1.54) is 25.7 Å². The number of hydrogen-bond acceptors (Lipinski definition) is 2. The molecule has 92 valence electrons. The molecular weight excluding hydrogens is 200 g/mol. The van der Waals surface area contributed by atoms with Crippen LogP contribution in [0.25, 0.3) is 0 Å². The van der Waals surface area contributed by atoms with E-state index in [2.05, 4.69) is 25.7 Å². The van der Waals surface area contributed by atoms with Gasteiger partial charge in [0.05, 0.1) is 6.61 Å². The third-order valence-corrected chi connectivity index (χ3v) is 2.24. The van der Waals surface area contributed by atoms with Crippen LogP contribution in [-0.4, -0.2) is 12.6 Å². The summed E-state index contributed by atoms with van der Waals surface area (Å²) in [6, 6.07) is 0. The summed E-state index contributed by atoms with van der Waals surface area (Å²) in [4.78, 5) is 11.0. The van der Waals surface area contributed by atoms with Crippen LogP contribution in [0.3, 0.4) is 0 Å². The van der Waals surface area contributed by atoms with Gasteiger partial charge in [0.15, 0.2) is 0 Å². The Bertz CT molecular complexity index is 229. The maximum absolute atomic E-state index is 11.0. The molecule has 0 bridgehead atoms. The van der Waals surface area contributed by atoms with Crippen LogP contribution in [0.15, 0.2) is 24.3 Å². The minimum atomic E-state index is -0.285. The van der Waals surface area contributed by atoms with E-state index >= 15 is 0 Å². The van der Waals surface area contributed by atoms with E-state index in [0.717, 1.165) is 12.8 Å². The number of esters is 1. The van der Waals surface area contributed by atoms with E-state index in [1.54, 1.807) is 6.92 Å². The molecule has 0 radical (unpaired) electrons. The molecule has 0 fully saturated rings. The molecule has 0 aromatic heterocycles. The Balaban J connectivity index is 3.26. The fourth-order valence-electron chi connectivity index (χ4n) is 1.24. The van der Waals surface area contributed by atoms with Gasteiger partial charge in [-0.2, -0.15) is 0 Å². The highest BCUT2D eigenvalue weighted by Crippen LogP contribution is 2.01. The average Bonchev–Trinajstić information content (AvgIpc) is 2.26. The molecule has 0 unspecified atom stereocenters. The maximum atomic E-state index is 11.0. The van der Waals surface area contributed by atoms with Gasteiger partial charge in [0.25, 0.3) is 0 Å². The molecule has 2 nitrogen and oxygen atoms in total. The van der Waals surface area contributed by atoms with Crippen LogP contribution in [0, 0.1) is 0 Å². The van der Waals surface area contributed by atoms with Crippen LogP contribution in [0.1, 0.15) is 52.4 Å². The summed E-state index contributed by atoms with van der Waals surface area (Å²) >= 11 is 0. The second-order valence-electron chi connectivity index (χ2n) is 4.03. The Labute approximate surface area is 99.4 Å². The number of carbonyl (C=O) groups excluding carboxylic acids is 1. The Morgan fingerprint density at radius 2 is 1.81 bits per heavy atom. The minimum Gasteiger partial charge on any atom is -0.462 e. The van der Waals surface area contributed by atoms with Gasteiger partial charge in [-0.25, -0.2) is 4.79 Å². The van der Waals surface area contributed by atoms with Crippen LogP contribution >= 0.6 is 0 Å². The van der Waals surface area contributed by atoms with Crippen molar-refractivity contribution in [3.8, 4) is 0 Å². The molecule has 0 aliphatic rings. The maximum Gasteiger partial charge on any atom is 0.333 e. The lowest BCUT2D eigenvalue weighted by molar-refractivity contribution is -0.139. The first-order valence-electron chi connectivity index (χ1n) is 6.16. The van der Waals surface area contributed by atoms with Crippen LogP contribution < -0.4 is 0 Å². The van der Waals surface area contributed by atoms with Gasteiger partial charge in [-0.1, -0.05) is 38.5 Å². The average molecular weight is 224 g/mol. The Kier molecular flexibility index (Phi) is 9.78. The summed E-state index contributed by atoms with van der Waals surface area (Å²) in [7, 11) is 0. The van der Waals surface area contributed by atoms with E-state index in [9.17, 15) is 4.79 Å². The van der Waals surface area contributed by atoms with Gasteiger partial charge in [0.2, 0.25) is 0 Å². The van der Waals surface area contributed by atoms with Crippen molar-refractivity contribution in [3.05, 3.63) is 24.3 Å². The third kappa shape index (κ3) is 9.50. The lowest BCUT2D eigenvalue weighted by Gasteiger charge is -2.01. The second kappa shape index (κ2) is 10.5. The highest BCUT2D eigenvalue weighted by atomic mass is 16.5. The molecule has 0 aromatic carbocycles. The standard InChI is InChI=1S/C14H24O2/c1-4-5-6-7-8-9-10-11-12-16-14(15)13(2)3/h8-9H,2,4-7,10-12H2,1,3H3/b9-8+. The lowest BCUT2D eigenvalue weighted by Crippen LogP contribution is -2.05. The van der Waals surface area contributed by atoms with Crippen molar-refractivity contribution in [3.63, 3.8) is 0 Å². The molecule has 0 saturated carbocycles. The van der Waals surface area contributed by atoms with Crippen LogP contribution in [0.2, 0.25) is 0 Å². The topological polar surface area (TPSA) is 26.3 Å². The Morgan fingerprint density at radius 1 is 1.19 bits per heavy atom.